The monoisotopic (exact) mass is 280 g/mol. The van der Waals surface area contributed by atoms with E-state index in [0.29, 0.717) is 0 Å². The largest absolute Gasteiger partial charge is 0.312 e. The maximum Gasteiger partial charge on any atom is 0.0223 e. The van der Waals surface area contributed by atoms with Crippen LogP contribution in [0.25, 0.3) is 0 Å². The summed E-state index contributed by atoms with van der Waals surface area (Å²) >= 11 is 0. The standard InChI is InChI=1S/C18H36N2/c1-3-14-19-18(16-10-6-4-7-11-16)15-20(2)17-12-8-5-9-13-17/h16-19H,3-15H2,1-2H3. The van der Waals surface area contributed by atoms with E-state index in [4.69, 9.17) is 0 Å². The Bertz CT molecular complexity index is 242. The van der Waals surface area contributed by atoms with Crippen molar-refractivity contribution in [2.75, 3.05) is 20.1 Å². The number of hydrogen-bond acceptors (Lipinski definition) is 2. The third kappa shape index (κ3) is 5.04. The Morgan fingerprint density at radius 1 is 0.950 bits per heavy atom. The molecule has 118 valence electrons. The molecule has 2 heteroatoms. The molecule has 2 nitrogen and oxygen atoms in total. The van der Waals surface area contributed by atoms with Crippen molar-refractivity contribution in [2.24, 2.45) is 5.92 Å². The van der Waals surface area contributed by atoms with Crippen LogP contribution in [0.3, 0.4) is 0 Å². The minimum Gasteiger partial charge on any atom is -0.312 e. The van der Waals surface area contributed by atoms with Gasteiger partial charge >= 0.3 is 0 Å². The Kier molecular flexibility index (Phi) is 7.37. The second-order valence-electron chi connectivity index (χ2n) is 7.19. The predicted molar refractivity (Wildman–Crippen MR) is 88.2 cm³/mol. The Labute approximate surface area is 126 Å². The molecule has 0 radical (unpaired) electrons. The molecule has 0 aromatic rings. The normalized spacial score (nSPS) is 24.1. The third-order valence-corrected chi connectivity index (χ3v) is 5.56. The van der Waals surface area contributed by atoms with E-state index in [1.54, 1.807) is 0 Å². The molecule has 0 amide bonds. The topological polar surface area (TPSA) is 15.3 Å². The Hall–Kier alpha value is -0.0800. The van der Waals surface area contributed by atoms with E-state index in [0.717, 1.165) is 18.0 Å². The van der Waals surface area contributed by atoms with Gasteiger partial charge in [0, 0.05) is 18.6 Å². The lowest BCUT2D eigenvalue weighted by molar-refractivity contribution is 0.144. The minimum atomic E-state index is 0.738. The second-order valence-corrected chi connectivity index (χ2v) is 7.19. The molecule has 0 bridgehead atoms. The van der Waals surface area contributed by atoms with E-state index in [1.807, 2.05) is 0 Å². The van der Waals surface area contributed by atoms with Crippen molar-refractivity contribution in [3.05, 3.63) is 0 Å². The van der Waals surface area contributed by atoms with Crippen LogP contribution >= 0.6 is 0 Å². The van der Waals surface area contributed by atoms with Crippen LogP contribution in [0.4, 0.5) is 0 Å². The summed E-state index contributed by atoms with van der Waals surface area (Å²) in [6, 6.07) is 1.60. The fraction of sp³-hybridized carbons (Fsp3) is 1.00. The molecule has 0 heterocycles. The summed E-state index contributed by atoms with van der Waals surface area (Å²) in [6.45, 7) is 4.75. The summed E-state index contributed by atoms with van der Waals surface area (Å²) in [4.78, 5) is 2.68. The fourth-order valence-corrected chi connectivity index (χ4v) is 4.23. The van der Waals surface area contributed by atoms with Gasteiger partial charge in [-0.25, -0.2) is 0 Å². The molecule has 2 fully saturated rings. The third-order valence-electron chi connectivity index (χ3n) is 5.56. The highest BCUT2D eigenvalue weighted by molar-refractivity contribution is 4.84. The van der Waals surface area contributed by atoms with Gasteiger partial charge < -0.3 is 10.2 Å². The van der Waals surface area contributed by atoms with Gasteiger partial charge in [-0.15, -0.1) is 0 Å². The molecule has 0 aromatic carbocycles. The summed E-state index contributed by atoms with van der Waals surface area (Å²) in [6.07, 6.45) is 15.8. The van der Waals surface area contributed by atoms with E-state index >= 15 is 0 Å². The molecule has 0 aromatic heterocycles. The lowest BCUT2D eigenvalue weighted by Crippen LogP contribution is -2.48. The van der Waals surface area contributed by atoms with E-state index in [9.17, 15) is 0 Å². The van der Waals surface area contributed by atoms with Gasteiger partial charge in [0.2, 0.25) is 0 Å². The summed E-state index contributed by atoms with van der Waals surface area (Å²) in [7, 11) is 2.37. The van der Waals surface area contributed by atoms with Crippen LogP contribution < -0.4 is 5.32 Å². The molecule has 1 atom stereocenters. The molecule has 0 spiro atoms. The van der Waals surface area contributed by atoms with Gasteiger partial charge in [0.25, 0.3) is 0 Å². The Balaban J connectivity index is 1.84. The zero-order chi connectivity index (χ0) is 14.2. The Morgan fingerprint density at radius 3 is 2.15 bits per heavy atom. The fourth-order valence-electron chi connectivity index (χ4n) is 4.23. The summed E-state index contributed by atoms with van der Waals surface area (Å²) < 4.78 is 0. The molecule has 20 heavy (non-hydrogen) atoms. The number of likely N-dealkylation sites (N-methyl/N-ethyl adjacent to an activating group) is 1. The van der Waals surface area contributed by atoms with E-state index in [2.05, 4.69) is 24.2 Å². The van der Waals surface area contributed by atoms with Crippen molar-refractivity contribution in [3.8, 4) is 0 Å². The van der Waals surface area contributed by atoms with Crippen molar-refractivity contribution in [1.29, 1.82) is 0 Å². The van der Waals surface area contributed by atoms with Gasteiger partial charge in [0.1, 0.15) is 0 Å². The SMILES string of the molecule is CCCNC(CN(C)C1CCCCC1)C1CCCCC1. The van der Waals surface area contributed by atoms with Crippen molar-refractivity contribution in [2.45, 2.75) is 89.6 Å². The van der Waals surface area contributed by atoms with Crippen LogP contribution in [-0.4, -0.2) is 37.1 Å². The van der Waals surface area contributed by atoms with Crippen molar-refractivity contribution in [3.63, 3.8) is 0 Å². The molecule has 2 rings (SSSR count). The zero-order valence-electron chi connectivity index (χ0n) is 13.9. The van der Waals surface area contributed by atoms with E-state index in [-0.39, 0.29) is 0 Å². The highest BCUT2D eigenvalue weighted by Crippen LogP contribution is 2.28. The average molecular weight is 280 g/mol. The van der Waals surface area contributed by atoms with Crippen LogP contribution in [0.1, 0.15) is 77.6 Å². The van der Waals surface area contributed by atoms with Gasteiger partial charge in [-0.3, -0.25) is 0 Å². The number of nitrogens with zero attached hydrogens (tertiary/aromatic N) is 1. The predicted octanol–water partition coefficient (Wildman–Crippen LogP) is 4.20. The van der Waals surface area contributed by atoms with Crippen LogP contribution in [0.15, 0.2) is 0 Å². The van der Waals surface area contributed by atoms with E-state index < -0.39 is 0 Å². The maximum atomic E-state index is 3.87. The van der Waals surface area contributed by atoms with Crippen LogP contribution in [0.2, 0.25) is 0 Å². The summed E-state index contributed by atoms with van der Waals surface area (Å²) in [5.41, 5.74) is 0. The second kappa shape index (κ2) is 9.04. The first-order valence-corrected chi connectivity index (χ1v) is 9.25. The summed E-state index contributed by atoms with van der Waals surface area (Å²) in [5.74, 6) is 0.932. The first-order valence-electron chi connectivity index (χ1n) is 9.25. The minimum absolute atomic E-state index is 0.738. The highest BCUT2D eigenvalue weighted by Gasteiger charge is 2.26. The lowest BCUT2D eigenvalue weighted by Gasteiger charge is -2.38. The number of rotatable bonds is 7. The zero-order valence-corrected chi connectivity index (χ0v) is 13.9. The first kappa shape index (κ1) is 16.3. The van der Waals surface area contributed by atoms with Crippen LogP contribution in [-0.2, 0) is 0 Å². The first-order chi connectivity index (χ1) is 9.81. The molecular formula is C18H36N2. The van der Waals surface area contributed by atoms with Crippen LogP contribution in [0, 0.1) is 5.92 Å². The van der Waals surface area contributed by atoms with E-state index in [1.165, 1.54) is 83.7 Å². The lowest BCUT2D eigenvalue weighted by atomic mass is 9.83. The molecule has 2 aliphatic rings. The molecule has 2 saturated carbocycles. The Morgan fingerprint density at radius 2 is 1.55 bits per heavy atom. The quantitative estimate of drug-likeness (QED) is 0.752. The van der Waals surface area contributed by atoms with Crippen molar-refractivity contribution < 1.29 is 0 Å². The number of nitrogens with one attached hydrogen (secondary N) is 1. The van der Waals surface area contributed by atoms with Crippen molar-refractivity contribution in [1.82, 2.24) is 10.2 Å². The molecule has 0 aliphatic heterocycles. The van der Waals surface area contributed by atoms with Gasteiger partial charge in [0.05, 0.1) is 0 Å². The van der Waals surface area contributed by atoms with Gasteiger partial charge in [0.15, 0.2) is 0 Å². The molecule has 1 unspecified atom stereocenters. The van der Waals surface area contributed by atoms with Gasteiger partial charge in [-0.05, 0) is 51.6 Å². The number of hydrogen-bond donors (Lipinski definition) is 1. The van der Waals surface area contributed by atoms with Gasteiger partial charge in [-0.2, -0.15) is 0 Å². The average Bonchev–Trinajstić information content (AvgIpc) is 2.53. The molecule has 1 N–H and O–H groups in total. The maximum absolute atomic E-state index is 3.87. The smallest absolute Gasteiger partial charge is 0.0223 e. The summed E-state index contributed by atoms with van der Waals surface area (Å²) in [5, 5.41) is 3.87. The van der Waals surface area contributed by atoms with Crippen molar-refractivity contribution >= 4 is 0 Å². The molecular weight excluding hydrogens is 244 g/mol. The van der Waals surface area contributed by atoms with Crippen LogP contribution in [0.5, 0.6) is 0 Å². The highest BCUT2D eigenvalue weighted by atomic mass is 15.2. The molecule has 0 saturated heterocycles. The van der Waals surface area contributed by atoms with Gasteiger partial charge in [-0.1, -0.05) is 45.4 Å². The molecule has 2 aliphatic carbocycles.